The van der Waals surface area contributed by atoms with Crippen molar-refractivity contribution in [3.63, 3.8) is 0 Å². The number of amides is 2. The van der Waals surface area contributed by atoms with Gasteiger partial charge in [-0.05, 0) is 6.92 Å². The lowest BCUT2D eigenvalue weighted by Gasteiger charge is -2.53. The van der Waals surface area contributed by atoms with Crippen LogP contribution in [0, 0.1) is 12.3 Å². The van der Waals surface area contributed by atoms with Crippen molar-refractivity contribution < 1.29 is 24.6 Å². The van der Waals surface area contributed by atoms with Crippen molar-refractivity contribution >= 4 is 69.1 Å². The number of thiazole rings is 1. The minimum Gasteiger partial charge on any atom is -0.481 e. The third-order valence-corrected chi connectivity index (χ3v) is 9.49. The number of carbonyl (C=O) groups is 3. The molecule has 0 aliphatic carbocycles. The van der Waals surface area contributed by atoms with Gasteiger partial charge in [0.2, 0.25) is 5.91 Å². The lowest BCUT2D eigenvalue weighted by molar-refractivity contribution is -0.158. The van der Waals surface area contributed by atoms with Gasteiger partial charge < -0.3 is 26.2 Å². The van der Waals surface area contributed by atoms with Gasteiger partial charge in [-0.25, -0.2) is 4.98 Å². The number of β-lactam (4-membered cyclic amide) rings is 1. The summed E-state index contributed by atoms with van der Waals surface area (Å²) in [5, 5.41) is 32.6. The molecule has 2 saturated heterocycles. The lowest BCUT2D eigenvalue weighted by atomic mass is 9.89. The maximum absolute atomic E-state index is 12.6. The van der Waals surface area contributed by atoms with E-state index in [1.54, 1.807) is 0 Å². The number of aliphatic hydroxyl groups excluding tert-OH is 1. The van der Waals surface area contributed by atoms with Crippen LogP contribution in [0.2, 0.25) is 0 Å². The Kier molecular flexibility index (Phi) is 6.13. The second kappa shape index (κ2) is 8.54. The van der Waals surface area contributed by atoms with Crippen molar-refractivity contribution in [3.8, 4) is 0 Å². The van der Waals surface area contributed by atoms with E-state index in [0.29, 0.717) is 4.34 Å². The van der Waals surface area contributed by atoms with Crippen LogP contribution in [0.15, 0.2) is 9.72 Å². The highest BCUT2D eigenvalue weighted by Gasteiger charge is 2.57. The molecule has 2 amide bonds. The van der Waals surface area contributed by atoms with Gasteiger partial charge in [0.1, 0.15) is 21.8 Å². The number of hydrogen-bond acceptors (Lipinski definition) is 12. The summed E-state index contributed by atoms with van der Waals surface area (Å²) in [5.74, 6) is -1.58. The molecular formula is C16H18N6O5S4. The minimum absolute atomic E-state index is 0.0428. The van der Waals surface area contributed by atoms with Crippen molar-refractivity contribution in [3.05, 3.63) is 16.1 Å². The zero-order chi connectivity index (χ0) is 22.3. The molecule has 0 bridgehead atoms. The van der Waals surface area contributed by atoms with E-state index in [2.05, 4.69) is 20.5 Å². The van der Waals surface area contributed by atoms with Crippen LogP contribution in [0.25, 0.3) is 0 Å². The summed E-state index contributed by atoms with van der Waals surface area (Å²) in [6, 6.07) is -0.826. The summed E-state index contributed by atoms with van der Waals surface area (Å²) in [4.78, 5) is 42.4. The predicted octanol–water partition coefficient (Wildman–Crippen LogP) is 0.182. The number of nitrogens with two attached hydrogens (primary N) is 1. The molecule has 4 rings (SSSR count). The third kappa shape index (κ3) is 4.24. The van der Waals surface area contributed by atoms with Gasteiger partial charge in [-0.3, -0.25) is 14.4 Å². The number of carboxylic acid groups (broad SMARTS) is 1. The highest BCUT2D eigenvalue weighted by molar-refractivity contribution is 8.01. The van der Waals surface area contributed by atoms with Gasteiger partial charge in [0, 0.05) is 23.4 Å². The Morgan fingerprint density at radius 3 is 2.87 bits per heavy atom. The molecule has 2 aliphatic heterocycles. The van der Waals surface area contributed by atoms with E-state index in [1.165, 1.54) is 45.1 Å². The number of carboxylic acids is 1. The number of aliphatic hydroxyl groups is 1. The highest BCUT2D eigenvalue weighted by Crippen LogP contribution is 2.44. The SMILES string of the molecule is Cc1nnc(SCC2(C(=O)O)CS[C@@H]3C(NC(=O)C(O)c4csc(N)n4)C(=O)N3C2)s1. The summed E-state index contributed by atoms with van der Waals surface area (Å²) in [6.07, 6.45) is -1.53. The highest BCUT2D eigenvalue weighted by atomic mass is 32.2. The molecule has 166 valence electrons. The first-order chi connectivity index (χ1) is 14.7. The van der Waals surface area contributed by atoms with Crippen LogP contribution in [-0.2, 0) is 14.4 Å². The first-order valence-corrected chi connectivity index (χ1v) is 12.7. The lowest BCUT2D eigenvalue weighted by Crippen LogP contribution is -2.74. The number of fused-ring (bicyclic) bond motifs is 1. The number of anilines is 1. The summed E-state index contributed by atoms with van der Waals surface area (Å²) >= 11 is 5.10. The van der Waals surface area contributed by atoms with Crippen molar-refractivity contribution in [2.24, 2.45) is 5.41 Å². The monoisotopic (exact) mass is 502 g/mol. The number of carbonyl (C=O) groups excluding carboxylic acids is 2. The number of hydrogen-bond donors (Lipinski definition) is 4. The van der Waals surface area contributed by atoms with Gasteiger partial charge in [-0.1, -0.05) is 23.1 Å². The summed E-state index contributed by atoms with van der Waals surface area (Å²) < 4.78 is 0.682. The van der Waals surface area contributed by atoms with E-state index in [-0.39, 0.29) is 40.2 Å². The van der Waals surface area contributed by atoms with Crippen molar-refractivity contribution in [2.45, 2.75) is 28.8 Å². The molecule has 11 nitrogen and oxygen atoms in total. The largest absolute Gasteiger partial charge is 0.481 e. The van der Waals surface area contributed by atoms with Crippen LogP contribution in [0.3, 0.4) is 0 Å². The zero-order valence-electron chi connectivity index (χ0n) is 16.0. The standard InChI is InChI=1S/C16H18N6O5S4/c1-6-20-21-15(31-6)30-5-16(13(26)27)3-22-11(25)8(12(22)29-4-16)19-10(24)9(23)7-2-28-14(17)18-7/h2,8-9,12,23H,3-5H2,1H3,(H2,17,18)(H,19,24)(H,26,27)/t8?,9?,12-,16?/m1/s1. The van der Waals surface area contributed by atoms with E-state index in [4.69, 9.17) is 5.73 Å². The third-order valence-electron chi connectivity index (χ3n) is 4.94. The molecule has 4 heterocycles. The number of rotatable bonds is 7. The Morgan fingerprint density at radius 2 is 2.26 bits per heavy atom. The molecule has 0 aromatic carbocycles. The fourth-order valence-electron chi connectivity index (χ4n) is 3.24. The molecule has 15 heteroatoms. The number of nitrogen functional groups attached to an aromatic ring is 1. The van der Waals surface area contributed by atoms with E-state index < -0.39 is 29.4 Å². The molecule has 2 fully saturated rings. The van der Waals surface area contributed by atoms with Gasteiger partial charge in [0.15, 0.2) is 15.6 Å². The van der Waals surface area contributed by atoms with E-state index in [0.717, 1.165) is 16.3 Å². The molecule has 2 aromatic rings. The topological polar surface area (TPSA) is 172 Å². The molecule has 31 heavy (non-hydrogen) atoms. The molecular weight excluding hydrogens is 484 g/mol. The zero-order valence-corrected chi connectivity index (χ0v) is 19.3. The maximum atomic E-state index is 12.6. The van der Waals surface area contributed by atoms with Crippen molar-refractivity contribution in [2.75, 3.05) is 23.8 Å². The quantitative estimate of drug-likeness (QED) is 0.301. The Morgan fingerprint density at radius 1 is 1.48 bits per heavy atom. The van der Waals surface area contributed by atoms with E-state index in [1.807, 2.05) is 6.92 Å². The van der Waals surface area contributed by atoms with Gasteiger partial charge in [-0.2, -0.15) is 0 Å². The number of aliphatic carboxylic acids is 1. The number of thioether (sulfide) groups is 2. The average Bonchev–Trinajstić information content (AvgIpc) is 3.37. The van der Waals surface area contributed by atoms with E-state index >= 15 is 0 Å². The number of aryl methyl sites for hydroxylation is 1. The molecule has 2 aromatic heterocycles. The van der Waals surface area contributed by atoms with Gasteiger partial charge in [0.25, 0.3) is 5.91 Å². The van der Waals surface area contributed by atoms with Crippen molar-refractivity contribution in [1.29, 1.82) is 0 Å². The Balaban J connectivity index is 1.39. The second-order valence-corrected chi connectivity index (χ2v) is 11.5. The van der Waals surface area contributed by atoms with Gasteiger partial charge >= 0.3 is 5.97 Å². The predicted molar refractivity (Wildman–Crippen MR) is 117 cm³/mol. The molecule has 4 atom stereocenters. The van der Waals surface area contributed by atoms with Crippen LogP contribution >= 0.6 is 46.2 Å². The second-order valence-electron chi connectivity index (χ2n) is 7.13. The molecule has 5 N–H and O–H groups in total. The number of nitrogens with zero attached hydrogens (tertiary/aromatic N) is 4. The Bertz CT molecular complexity index is 1030. The molecule has 0 spiro atoms. The summed E-state index contributed by atoms with van der Waals surface area (Å²) in [5.41, 5.74) is 4.51. The van der Waals surface area contributed by atoms with Crippen LogP contribution in [0.1, 0.15) is 16.8 Å². The van der Waals surface area contributed by atoms with Crippen LogP contribution < -0.4 is 11.1 Å². The molecule has 0 radical (unpaired) electrons. The Labute approximate surface area is 192 Å². The smallest absolute Gasteiger partial charge is 0.313 e. The van der Waals surface area contributed by atoms with Crippen LogP contribution in [0.5, 0.6) is 0 Å². The van der Waals surface area contributed by atoms with Gasteiger partial charge in [-0.15, -0.1) is 33.3 Å². The van der Waals surface area contributed by atoms with E-state index in [9.17, 15) is 24.6 Å². The normalized spacial score (nSPS) is 26.1. The van der Waals surface area contributed by atoms with Crippen molar-refractivity contribution in [1.82, 2.24) is 25.4 Å². The summed E-state index contributed by atoms with van der Waals surface area (Å²) in [6.45, 7) is 1.87. The number of aromatic nitrogens is 3. The minimum atomic E-state index is -1.53. The van der Waals surface area contributed by atoms with Crippen LogP contribution in [0.4, 0.5) is 5.13 Å². The molecule has 3 unspecified atom stereocenters. The first kappa shape index (κ1) is 22.3. The fourth-order valence-corrected chi connectivity index (χ4v) is 7.49. The maximum Gasteiger partial charge on any atom is 0.313 e. The average molecular weight is 503 g/mol. The Hall–Kier alpha value is -1.94. The van der Waals surface area contributed by atoms with Crippen LogP contribution in [-0.4, -0.2) is 77.5 Å². The van der Waals surface area contributed by atoms with Gasteiger partial charge in [0.05, 0.1) is 5.69 Å². The summed E-state index contributed by atoms with van der Waals surface area (Å²) in [7, 11) is 0. The number of nitrogens with one attached hydrogen (secondary N) is 1. The first-order valence-electron chi connectivity index (χ1n) is 8.98. The molecule has 0 saturated carbocycles. The molecule has 2 aliphatic rings. The fraction of sp³-hybridized carbons (Fsp3) is 0.500.